The van der Waals surface area contributed by atoms with E-state index in [0.717, 1.165) is 15.8 Å². The molecule has 0 spiro atoms. The van der Waals surface area contributed by atoms with Gasteiger partial charge in [0.2, 0.25) is 0 Å². The summed E-state index contributed by atoms with van der Waals surface area (Å²) in [7, 11) is 2.89. The van der Waals surface area contributed by atoms with Crippen molar-refractivity contribution >= 4 is 33.8 Å². The number of esters is 1. The first-order valence-electron chi connectivity index (χ1n) is 7.39. The van der Waals surface area contributed by atoms with Crippen LogP contribution >= 0.6 is 15.9 Å². The Morgan fingerprint density at radius 3 is 2.40 bits per heavy atom. The largest absolute Gasteiger partial charge is 0.496 e. The third-order valence-corrected chi connectivity index (χ3v) is 3.95. The molecule has 6 heteroatoms. The van der Waals surface area contributed by atoms with Crippen LogP contribution in [0.1, 0.15) is 15.9 Å². The lowest BCUT2D eigenvalue weighted by Crippen LogP contribution is -2.12. The van der Waals surface area contributed by atoms with E-state index in [1.165, 1.54) is 13.2 Å². The molecule has 0 unspecified atom stereocenters. The monoisotopic (exact) mass is 404 g/mol. The fourth-order valence-electron chi connectivity index (χ4n) is 1.97. The van der Waals surface area contributed by atoms with Gasteiger partial charge in [-0.15, -0.1) is 0 Å². The van der Waals surface area contributed by atoms with Crippen LogP contribution in [0.2, 0.25) is 0 Å². The topological polar surface area (TPSA) is 61.8 Å². The predicted molar refractivity (Wildman–Crippen MR) is 98.0 cm³/mol. The molecule has 25 heavy (non-hydrogen) atoms. The van der Waals surface area contributed by atoms with Crippen molar-refractivity contribution in [2.75, 3.05) is 20.8 Å². The minimum atomic E-state index is -0.464. The van der Waals surface area contributed by atoms with Gasteiger partial charge in [-0.1, -0.05) is 12.1 Å². The van der Waals surface area contributed by atoms with E-state index in [9.17, 15) is 9.59 Å². The van der Waals surface area contributed by atoms with E-state index >= 15 is 0 Å². The second kappa shape index (κ2) is 9.03. The molecular weight excluding hydrogens is 388 g/mol. The number of hydrogen-bond donors (Lipinski definition) is 0. The molecule has 2 aromatic carbocycles. The van der Waals surface area contributed by atoms with Gasteiger partial charge in [-0.25, -0.2) is 4.79 Å². The van der Waals surface area contributed by atoms with E-state index in [1.54, 1.807) is 37.5 Å². The second-order valence-electron chi connectivity index (χ2n) is 4.98. The maximum atomic E-state index is 12.2. The van der Waals surface area contributed by atoms with E-state index in [0.29, 0.717) is 11.3 Å². The second-order valence-corrected chi connectivity index (χ2v) is 5.84. The Hall–Kier alpha value is -2.60. The number of ether oxygens (including phenoxy) is 3. The van der Waals surface area contributed by atoms with Gasteiger partial charge < -0.3 is 14.2 Å². The van der Waals surface area contributed by atoms with E-state index in [2.05, 4.69) is 20.7 Å². The summed E-state index contributed by atoms with van der Waals surface area (Å²) in [5, 5.41) is 0. The maximum absolute atomic E-state index is 12.2. The molecule has 0 aliphatic carbocycles. The van der Waals surface area contributed by atoms with Crippen LogP contribution in [0, 0.1) is 0 Å². The van der Waals surface area contributed by atoms with Gasteiger partial charge in [-0.05, 0) is 64.0 Å². The molecular formula is C19H17BrO5. The highest BCUT2D eigenvalue weighted by Gasteiger charge is 2.05. The molecule has 0 saturated heterocycles. The third-order valence-electron chi connectivity index (χ3n) is 3.33. The van der Waals surface area contributed by atoms with Gasteiger partial charge in [0.25, 0.3) is 0 Å². The standard InChI is InChI=1S/C19H17BrO5/c1-23-18-10-4-13(11-16(18)20)3-9-17(21)14-5-7-15(8-6-14)25-12-19(22)24-2/h3-11H,12H2,1-2H3/b9-3+. The lowest BCUT2D eigenvalue weighted by molar-refractivity contribution is -0.142. The molecule has 0 fully saturated rings. The molecule has 0 amide bonds. The summed E-state index contributed by atoms with van der Waals surface area (Å²) in [6.45, 7) is -0.171. The third kappa shape index (κ3) is 5.46. The maximum Gasteiger partial charge on any atom is 0.343 e. The molecule has 0 bridgehead atoms. The lowest BCUT2D eigenvalue weighted by Gasteiger charge is -2.05. The summed E-state index contributed by atoms with van der Waals surface area (Å²) in [5.41, 5.74) is 1.40. The number of rotatable bonds is 7. The van der Waals surface area contributed by atoms with Crippen LogP contribution in [0.15, 0.2) is 53.0 Å². The van der Waals surface area contributed by atoms with Crippen LogP contribution in [0.3, 0.4) is 0 Å². The highest BCUT2D eigenvalue weighted by atomic mass is 79.9. The zero-order valence-corrected chi connectivity index (χ0v) is 15.4. The number of halogens is 1. The molecule has 2 aromatic rings. The van der Waals surface area contributed by atoms with Crippen LogP contribution in [0.25, 0.3) is 6.08 Å². The Balaban J connectivity index is 2.00. The summed E-state index contributed by atoms with van der Waals surface area (Å²) in [5.74, 6) is 0.622. The van der Waals surface area contributed by atoms with Crippen molar-refractivity contribution in [3.63, 3.8) is 0 Å². The van der Waals surface area contributed by atoms with E-state index in [1.807, 2.05) is 18.2 Å². The molecule has 2 rings (SSSR count). The Bertz CT molecular complexity index is 781. The highest BCUT2D eigenvalue weighted by molar-refractivity contribution is 9.10. The Morgan fingerprint density at radius 2 is 1.80 bits per heavy atom. The number of ketones is 1. The smallest absolute Gasteiger partial charge is 0.343 e. The van der Waals surface area contributed by atoms with Crippen LogP contribution in [0.4, 0.5) is 0 Å². The van der Waals surface area contributed by atoms with Crippen molar-refractivity contribution in [1.82, 2.24) is 0 Å². The normalized spacial score (nSPS) is 10.5. The van der Waals surface area contributed by atoms with Crippen molar-refractivity contribution in [3.8, 4) is 11.5 Å². The zero-order chi connectivity index (χ0) is 18.2. The summed E-state index contributed by atoms with van der Waals surface area (Å²) in [6, 6.07) is 12.1. The first-order valence-corrected chi connectivity index (χ1v) is 8.18. The summed E-state index contributed by atoms with van der Waals surface area (Å²) in [6.07, 6.45) is 3.23. The SMILES string of the molecule is COC(=O)COc1ccc(C(=O)/C=C/c2ccc(OC)c(Br)c2)cc1. The van der Waals surface area contributed by atoms with Crippen LogP contribution in [-0.2, 0) is 9.53 Å². The lowest BCUT2D eigenvalue weighted by atomic mass is 10.1. The van der Waals surface area contributed by atoms with E-state index < -0.39 is 5.97 Å². The van der Waals surface area contributed by atoms with Crippen molar-refractivity contribution in [2.24, 2.45) is 0 Å². The van der Waals surface area contributed by atoms with Crippen molar-refractivity contribution < 1.29 is 23.8 Å². The van der Waals surface area contributed by atoms with Crippen molar-refractivity contribution in [1.29, 1.82) is 0 Å². The minimum Gasteiger partial charge on any atom is -0.496 e. The molecule has 0 saturated carbocycles. The highest BCUT2D eigenvalue weighted by Crippen LogP contribution is 2.26. The minimum absolute atomic E-state index is 0.133. The van der Waals surface area contributed by atoms with Crippen molar-refractivity contribution in [3.05, 3.63) is 64.1 Å². The van der Waals surface area contributed by atoms with Gasteiger partial charge in [0, 0.05) is 5.56 Å². The van der Waals surface area contributed by atoms with Gasteiger partial charge in [0.15, 0.2) is 12.4 Å². The fraction of sp³-hybridized carbons (Fsp3) is 0.158. The predicted octanol–water partition coefficient (Wildman–Crippen LogP) is 3.91. The molecule has 0 aliphatic heterocycles. The fourth-order valence-corrected chi connectivity index (χ4v) is 2.53. The number of benzene rings is 2. The quantitative estimate of drug-likeness (QED) is 0.397. The molecule has 130 valence electrons. The van der Waals surface area contributed by atoms with Crippen LogP contribution < -0.4 is 9.47 Å². The summed E-state index contributed by atoms with van der Waals surface area (Å²) >= 11 is 3.41. The summed E-state index contributed by atoms with van der Waals surface area (Å²) < 4.78 is 15.7. The average Bonchev–Trinajstić information content (AvgIpc) is 2.64. The van der Waals surface area contributed by atoms with E-state index in [-0.39, 0.29) is 12.4 Å². The zero-order valence-electron chi connectivity index (χ0n) is 13.8. The number of allylic oxidation sites excluding steroid dienone is 1. The molecule has 5 nitrogen and oxygen atoms in total. The number of carbonyl (C=O) groups excluding carboxylic acids is 2. The number of carbonyl (C=O) groups is 2. The van der Waals surface area contributed by atoms with Gasteiger partial charge in [-0.3, -0.25) is 4.79 Å². The molecule has 0 heterocycles. The first kappa shape index (κ1) is 18.7. The summed E-state index contributed by atoms with van der Waals surface area (Å²) in [4.78, 5) is 23.2. The number of hydrogen-bond acceptors (Lipinski definition) is 5. The van der Waals surface area contributed by atoms with Crippen molar-refractivity contribution in [2.45, 2.75) is 0 Å². The molecule has 0 atom stereocenters. The first-order chi connectivity index (χ1) is 12.0. The van der Waals surface area contributed by atoms with Gasteiger partial charge in [-0.2, -0.15) is 0 Å². The van der Waals surface area contributed by atoms with E-state index in [4.69, 9.17) is 9.47 Å². The number of methoxy groups -OCH3 is 2. The molecule has 0 radical (unpaired) electrons. The van der Waals surface area contributed by atoms with Crippen LogP contribution in [-0.4, -0.2) is 32.6 Å². The van der Waals surface area contributed by atoms with Crippen LogP contribution in [0.5, 0.6) is 11.5 Å². The molecule has 0 N–H and O–H groups in total. The molecule has 0 aliphatic rings. The van der Waals surface area contributed by atoms with Gasteiger partial charge >= 0.3 is 5.97 Å². The van der Waals surface area contributed by atoms with Gasteiger partial charge in [0.1, 0.15) is 11.5 Å². The van der Waals surface area contributed by atoms with Gasteiger partial charge in [0.05, 0.1) is 18.7 Å². The Morgan fingerprint density at radius 1 is 1.08 bits per heavy atom. The average molecular weight is 405 g/mol. The Kier molecular flexibility index (Phi) is 6.77. The Labute approximate surface area is 154 Å². The molecule has 0 aromatic heterocycles.